The molecule has 5 aromatic rings. The van der Waals surface area contributed by atoms with E-state index in [0.29, 0.717) is 11.6 Å². The zero-order chi connectivity index (χ0) is 18.9. The van der Waals surface area contributed by atoms with Gasteiger partial charge in [-0.25, -0.2) is 9.97 Å². The number of nitrogens with one attached hydrogen (secondary N) is 2. The first-order valence-electron chi connectivity index (χ1n) is 8.91. The summed E-state index contributed by atoms with van der Waals surface area (Å²) >= 11 is 0. The third-order valence-corrected chi connectivity index (χ3v) is 4.66. The van der Waals surface area contributed by atoms with Crippen molar-refractivity contribution >= 4 is 33.3 Å². The van der Waals surface area contributed by atoms with Gasteiger partial charge in [0.15, 0.2) is 5.82 Å². The van der Waals surface area contributed by atoms with Crippen molar-refractivity contribution in [1.29, 1.82) is 0 Å². The van der Waals surface area contributed by atoms with Gasteiger partial charge >= 0.3 is 0 Å². The summed E-state index contributed by atoms with van der Waals surface area (Å²) in [5, 5.41) is 5.46. The van der Waals surface area contributed by atoms with Gasteiger partial charge in [0, 0.05) is 40.4 Å². The second-order valence-corrected chi connectivity index (χ2v) is 6.39. The lowest BCUT2D eigenvalue weighted by Crippen LogP contribution is -1.99. The zero-order valence-electron chi connectivity index (χ0n) is 15.2. The molecule has 6 nitrogen and oxygen atoms in total. The van der Waals surface area contributed by atoms with Crippen molar-refractivity contribution in [2.45, 2.75) is 0 Å². The highest BCUT2D eigenvalue weighted by atomic mass is 16.5. The van der Waals surface area contributed by atoms with Crippen molar-refractivity contribution in [1.82, 2.24) is 19.9 Å². The molecule has 2 N–H and O–H groups in total. The molecule has 136 valence electrons. The minimum atomic E-state index is 0.619. The van der Waals surface area contributed by atoms with Crippen LogP contribution in [0.3, 0.4) is 0 Å². The third-order valence-electron chi connectivity index (χ3n) is 4.66. The van der Waals surface area contributed by atoms with Crippen molar-refractivity contribution in [3.05, 3.63) is 73.2 Å². The highest BCUT2D eigenvalue weighted by Crippen LogP contribution is 2.32. The first-order chi connectivity index (χ1) is 13.8. The molecule has 3 heterocycles. The van der Waals surface area contributed by atoms with Crippen LogP contribution >= 0.6 is 0 Å². The number of aromatic amines is 1. The van der Waals surface area contributed by atoms with Crippen LogP contribution in [0.2, 0.25) is 0 Å². The van der Waals surface area contributed by atoms with E-state index in [1.165, 1.54) is 0 Å². The molecular weight excluding hydrogens is 350 g/mol. The third kappa shape index (κ3) is 2.81. The van der Waals surface area contributed by atoms with Crippen molar-refractivity contribution in [3.63, 3.8) is 0 Å². The van der Waals surface area contributed by atoms with Crippen molar-refractivity contribution < 1.29 is 4.74 Å². The first-order valence-corrected chi connectivity index (χ1v) is 8.91. The van der Waals surface area contributed by atoms with Gasteiger partial charge in [0.1, 0.15) is 11.6 Å². The normalized spacial score (nSPS) is 11.0. The van der Waals surface area contributed by atoms with Crippen LogP contribution in [0.15, 0.2) is 73.2 Å². The summed E-state index contributed by atoms with van der Waals surface area (Å²) in [4.78, 5) is 17.0. The quantitative estimate of drug-likeness (QED) is 0.471. The van der Waals surface area contributed by atoms with Gasteiger partial charge in [0.05, 0.1) is 18.3 Å². The van der Waals surface area contributed by atoms with E-state index in [-0.39, 0.29) is 0 Å². The van der Waals surface area contributed by atoms with Crippen LogP contribution < -0.4 is 10.1 Å². The Hall–Kier alpha value is -3.93. The molecule has 28 heavy (non-hydrogen) atoms. The van der Waals surface area contributed by atoms with Crippen molar-refractivity contribution in [2.75, 3.05) is 12.4 Å². The molecule has 0 atom stereocenters. The van der Waals surface area contributed by atoms with Crippen LogP contribution in [-0.2, 0) is 0 Å². The van der Waals surface area contributed by atoms with E-state index in [2.05, 4.69) is 21.4 Å². The second-order valence-electron chi connectivity index (χ2n) is 6.39. The van der Waals surface area contributed by atoms with E-state index >= 15 is 0 Å². The minimum Gasteiger partial charge on any atom is -0.497 e. The Bertz CT molecular complexity index is 1280. The fourth-order valence-corrected chi connectivity index (χ4v) is 3.26. The smallest absolute Gasteiger partial charge is 0.163 e. The number of rotatable bonds is 4. The predicted molar refractivity (Wildman–Crippen MR) is 111 cm³/mol. The Labute approximate surface area is 161 Å². The summed E-state index contributed by atoms with van der Waals surface area (Å²) in [5.41, 5.74) is 3.71. The maximum atomic E-state index is 5.40. The van der Waals surface area contributed by atoms with E-state index in [4.69, 9.17) is 14.7 Å². The molecule has 6 heteroatoms. The summed E-state index contributed by atoms with van der Waals surface area (Å²) in [5.74, 6) is 2.09. The standard InChI is InChI=1S/C22H17N5O/c1-28-15-8-9-19-17(11-15)22(27-21(25-19)14-5-4-10-23-12-14)26-20-13-24-18-7-3-2-6-16(18)20/h2-13,24H,1H3,(H,25,26,27). The molecule has 0 fully saturated rings. The topological polar surface area (TPSA) is 75.7 Å². The SMILES string of the molecule is COc1ccc2nc(-c3cccnc3)nc(Nc3c[nH]c4ccccc34)c2c1. The van der Waals surface area contributed by atoms with Crippen molar-refractivity contribution in [2.24, 2.45) is 0 Å². The summed E-state index contributed by atoms with van der Waals surface area (Å²) < 4.78 is 5.40. The molecule has 0 aliphatic carbocycles. The van der Waals surface area contributed by atoms with Gasteiger partial charge in [0.25, 0.3) is 0 Å². The average Bonchev–Trinajstić information content (AvgIpc) is 3.17. The lowest BCUT2D eigenvalue weighted by molar-refractivity contribution is 0.415. The van der Waals surface area contributed by atoms with Gasteiger partial charge in [-0.15, -0.1) is 0 Å². The maximum Gasteiger partial charge on any atom is 0.163 e. The monoisotopic (exact) mass is 367 g/mol. The van der Waals surface area contributed by atoms with Gasteiger partial charge in [-0.1, -0.05) is 18.2 Å². The number of aromatic nitrogens is 4. The number of para-hydroxylation sites is 1. The van der Waals surface area contributed by atoms with Crippen LogP contribution in [0, 0.1) is 0 Å². The number of ether oxygens (including phenoxy) is 1. The average molecular weight is 367 g/mol. The lowest BCUT2D eigenvalue weighted by Gasteiger charge is -2.11. The molecule has 0 radical (unpaired) electrons. The molecule has 0 aliphatic heterocycles. The molecule has 0 aliphatic rings. The Morgan fingerprint density at radius 2 is 1.89 bits per heavy atom. The molecule has 0 amide bonds. The molecule has 2 aromatic carbocycles. The summed E-state index contributed by atoms with van der Waals surface area (Å²) in [6.45, 7) is 0. The lowest BCUT2D eigenvalue weighted by atomic mass is 10.2. The molecule has 0 saturated carbocycles. The number of H-pyrrole nitrogens is 1. The number of hydrogen-bond donors (Lipinski definition) is 2. The maximum absolute atomic E-state index is 5.40. The largest absolute Gasteiger partial charge is 0.497 e. The molecule has 0 saturated heterocycles. The van der Waals surface area contributed by atoms with Crippen LogP contribution in [0.1, 0.15) is 0 Å². The highest BCUT2D eigenvalue weighted by Gasteiger charge is 2.13. The number of methoxy groups -OCH3 is 1. The van der Waals surface area contributed by atoms with Gasteiger partial charge in [-0.2, -0.15) is 0 Å². The molecule has 0 spiro atoms. The zero-order valence-corrected chi connectivity index (χ0v) is 15.2. The van der Waals surface area contributed by atoms with Gasteiger partial charge < -0.3 is 15.0 Å². The molecular formula is C22H17N5O. The Balaban J connectivity index is 1.70. The number of anilines is 2. The molecule has 0 unspecified atom stereocenters. The van der Waals surface area contributed by atoms with Crippen molar-refractivity contribution in [3.8, 4) is 17.1 Å². The number of fused-ring (bicyclic) bond motifs is 2. The number of hydrogen-bond acceptors (Lipinski definition) is 5. The summed E-state index contributed by atoms with van der Waals surface area (Å²) in [6, 6.07) is 17.8. The fourth-order valence-electron chi connectivity index (χ4n) is 3.26. The minimum absolute atomic E-state index is 0.619. The Kier molecular flexibility index (Phi) is 3.87. The fraction of sp³-hybridized carbons (Fsp3) is 0.0455. The van der Waals surface area contributed by atoms with Crippen LogP contribution in [0.5, 0.6) is 5.75 Å². The van der Waals surface area contributed by atoms with E-state index in [0.717, 1.165) is 38.8 Å². The van der Waals surface area contributed by atoms with Crippen LogP contribution in [0.4, 0.5) is 11.5 Å². The highest BCUT2D eigenvalue weighted by molar-refractivity contribution is 5.98. The van der Waals surface area contributed by atoms with E-state index in [9.17, 15) is 0 Å². The number of pyridine rings is 1. The Morgan fingerprint density at radius 1 is 0.964 bits per heavy atom. The van der Waals surface area contributed by atoms with E-state index in [1.807, 2.05) is 54.7 Å². The van der Waals surface area contributed by atoms with Gasteiger partial charge in [-0.3, -0.25) is 4.98 Å². The van der Waals surface area contributed by atoms with E-state index < -0.39 is 0 Å². The van der Waals surface area contributed by atoms with E-state index in [1.54, 1.807) is 19.5 Å². The molecule has 0 bridgehead atoms. The van der Waals surface area contributed by atoms with Crippen LogP contribution in [-0.4, -0.2) is 27.0 Å². The predicted octanol–water partition coefficient (Wildman–Crippen LogP) is 4.93. The number of nitrogens with zero attached hydrogens (tertiary/aromatic N) is 3. The van der Waals surface area contributed by atoms with Crippen LogP contribution in [0.25, 0.3) is 33.2 Å². The summed E-state index contributed by atoms with van der Waals surface area (Å²) in [7, 11) is 1.65. The van der Waals surface area contributed by atoms with Gasteiger partial charge in [0.2, 0.25) is 0 Å². The molecule has 3 aromatic heterocycles. The second kappa shape index (κ2) is 6.66. The summed E-state index contributed by atoms with van der Waals surface area (Å²) in [6.07, 6.45) is 5.45. The van der Waals surface area contributed by atoms with Gasteiger partial charge in [-0.05, 0) is 36.4 Å². The first kappa shape index (κ1) is 16.3. The molecule has 5 rings (SSSR count). The Morgan fingerprint density at radius 3 is 2.75 bits per heavy atom. The number of benzene rings is 2.